The van der Waals surface area contributed by atoms with E-state index in [9.17, 15) is 9.59 Å². The molecule has 2 aliphatic carbocycles. The number of ether oxygens (including phenoxy) is 1. The van der Waals surface area contributed by atoms with Gasteiger partial charge in [0.1, 0.15) is 0 Å². The summed E-state index contributed by atoms with van der Waals surface area (Å²) >= 11 is 0. The number of carbonyl (C=O) groups excluding carboxylic acids is 2. The molecule has 2 unspecified atom stereocenters. The number of hydrogen-bond acceptors (Lipinski definition) is 4. The lowest BCUT2D eigenvalue weighted by atomic mass is 10.2. The van der Waals surface area contributed by atoms with Crippen molar-refractivity contribution in [3.8, 4) is 0 Å². The van der Waals surface area contributed by atoms with Gasteiger partial charge in [0.15, 0.2) is 0 Å². The van der Waals surface area contributed by atoms with Crippen molar-refractivity contribution in [1.29, 1.82) is 0 Å². The van der Waals surface area contributed by atoms with Crippen LogP contribution in [0.1, 0.15) is 19.3 Å². The SMILES string of the molecule is COC(=O)CN1CCN(C(=O)C2CC2C2CC2)CC1. The summed E-state index contributed by atoms with van der Waals surface area (Å²) in [6.07, 6.45) is 3.79. The minimum Gasteiger partial charge on any atom is -0.468 e. The summed E-state index contributed by atoms with van der Waals surface area (Å²) in [4.78, 5) is 27.5. The van der Waals surface area contributed by atoms with Crippen LogP contribution in [0.4, 0.5) is 0 Å². The highest BCUT2D eigenvalue weighted by Crippen LogP contribution is 2.54. The van der Waals surface area contributed by atoms with Crippen LogP contribution in [-0.4, -0.2) is 61.5 Å². The lowest BCUT2D eigenvalue weighted by Gasteiger charge is -2.34. The van der Waals surface area contributed by atoms with E-state index in [2.05, 4.69) is 9.64 Å². The molecule has 0 radical (unpaired) electrons. The first-order chi connectivity index (χ1) is 9.19. The van der Waals surface area contributed by atoms with E-state index < -0.39 is 0 Å². The Morgan fingerprint density at radius 2 is 1.84 bits per heavy atom. The van der Waals surface area contributed by atoms with Crippen LogP contribution in [0, 0.1) is 17.8 Å². The second kappa shape index (κ2) is 5.12. The molecule has 1 saturated heterocycles. The molecule has 5 nitrogen and oxygen atoms in total. The summed E-state index contributed by atoms with van der Waals surface area (Å²) in [5.41, 5.74) is 0. The molecule has 106 valence electrons. The predicted molar refractivity (Wildman–Crippen MR) is 69.4 cm³/mol. The van der Waals surface area contributed by atoms with E-state index in [0.717, 1.165) is 38.5 Å². The molecule has 5 heteroatoms. The third kappa shape index (κ3) is 2.91. The van der Waals surface area contributed by atoms with Crippen LogP contribution >= 0.6 is 0 Å². The molecule has 3 aliphatic rings. The number of rotatable bonds is 4. The fraction of sp³-hybridized carbons (Fsp3) is 0.857. The number of carbonyl (C=O) groups is 2. The number of amides is 1. The van der Waals surface area contributed by atoms with Gasteiger partial charge < -0.3 is 9.64 Å². The van der Waals surface area contributed by atoms with Gasteiger partial charge in [-0.3, -0.25) is 14.5 Å². The first-order valence-electron chi connectivity index (χ1n) is 7.27. The highest BCUT2D eigenvalue weighted by Gasteiger charge is 2.52. The standard InChI is InChI=1S/C14H22N2O3/c1-19-13(17)9-15-4-6-16(7-5-15)14(18)12-8-11(12)10-2-3-10/h10-12H,2-9H2,1H3. The Hall–Kier alpha value is -1.10. The number of hydrogen-bond donors (Lipinski definition) is 0. The van der Waals surface area contributed by atoms with Gasteiger partial charge in [-0.05, 0) is 31.1 Å². The Kier molecular flexibility index (Phi) is 3.48. The maximum absolute atomic E-state index is 12.3. The predicted octanol–water partition coefficient (Wildman–Crippen LogP) is 0.350. The zero-order valence-electron chi connectivity index (χ0n) is 11.5. The van der Waals surface area contributed by atoms with Crippen molar-refractivity contribution in [1.82, 2.24) is 9.80 Å². The Morgan fingerprint density at radius 1 is 1.16 bits per heavy atom. The highest BCUT2D eigenvalue weighted by atomic mass is 16.5. The van der Waals surface area contributed by atoms with Crippen molar-refractivity contribution in [3.63, 3.8) is 0 Å². The minimum absolute atomic E-state index is 0.198. The lowest BCUT2D eigenvalue weighted by molar-refractivity contribution is -0.142. The molecule has 2 atom stereocenters. The maximum atomic E-state index is 12.3. The van der Waals surface area contributed by atoms with Gasteiger partial charge in [-0.25, -0.2) is 0 Å². The highest BCUT2D eigenvalue weighted by molar-refractivity contribution is 5.82. The summed E-state index contributed by atoms with van der Waals surface area (Å²) in [6, 6.07) is 0. The molecular formula is C14H22N2O3. The fourth-order valence-corrected chi connectivity index (χ4v) is 3.15. The zero-order valence-corrected chi connectivity index (χ0v) is 11.5. The molecule has 0 spiro atoms. The van der Waals surface area contributed by atoms with Crippen LogP contribution in [0.15, 0.2) is 0 Å². The number of esters is 1. The van der Waals surface area contributed by atoms with Crippen molar-refractivity contribution >= 4 is 11.9 Å². The third-order valence-electron chi connectivity index (χ3n) is 4.65. The minimum atomic E-state index is -0.198. The quantitative estimate of drug-likeness (QED) is 0.689. The van der Waals surface area contributed by atoms with E-state index >= 15 is 0 Å². The van der Waals surface area contributed by atoms with Crippen LogP contribution in [-0.2, 0) is 14.3 Å². The molecule has 1 heterocycles. The molecule has 19 heavy (non-hydrogen) atoms. The van der Waals surface area contributed by atoms with Gasteiger partial charge in [-0.1, -0.05) is 0 Å². The normalized spacial score (nSPS) is 31.1. The van der Waals surface area contributed by atoms with Gasteiger partial charge in [0.2, 0.25) is 5.91 Å². The van der Waals surface area contributed by atoms with E-state index in [-0.39, 0.29) is 5.97 Å². The van der Waals surface area contributed by atoms with E-state index in [1.165, 1.54) is 20.0 Å². The Labute approximate surface area is 113 Å². The van der Waals surface area contributed by atoms with Crippen LogP contribution in [0.5, 0.6) is 0 Å². The van der Waals surface area contributed by atoms with Gasteiger partial charge in [-0.2, -0.15) is 0 Å². The molecule has 0 bridgehead atoms. The van der Waals surface area contributed by atoms with E-state index in [1.807, 2.05) is 4.90 Å². The summed E-state index contributed by atoms with van der Waals surface area (Å²) < 4.78 is 4.66. The van der Waals surface area contributed by atoms with Gasteiger partial charge in [0.05, 0.1) is 13.7 Å². The third-order valence-corrected chi connectivity index (χ3v) is 4.65. The molecule has 0 N–H and O–H groups in total. The molecule has 3 rings (SSSR count). The monoisotopic (exact) mass is 266 g/mol. The first kappa shape index (κ1) is 12.9. The first-order valence-corrected chi connectivity index (χ1v) is 7.27. The zero-order chi connectivity index (χ0) is 13.4. The molecule has 1 amide bonds. The van der Waals surface area contributed by atoms with Crippen LogP contribution in [0.2, 0.25) is 0 Å². The number of methoxy groups -OCH3 is 1. The van der Waals surface area contributed by atoms with Crippen molar-refractivity contribution in [2.75, 3.05) is 39.8 Å². The van der Waals surface area contributed by atoms with Crippen molar-refractivity contribution in [3.05, 3.63) is 0 Å². The van der Waals surface area contributed by atoms with Gasteiger partial charge >= 0.3 is 5.97 Å². The molecule has 3 fully saturated rings. The largest absolute Gasteiger partial charge is 0.468 e. The average Bonchev–Trinajstić information content (AvgIpc) is 3.29. The van der Waals surface area contributed by atoms with E-state index in [0.29, 0.717) is 24.3 Å². The van der Waals surface area contributed by atoms with Crippen molar-refractivity contribution in [2.45, 2.75) is 19.3 Å². The number of piperazine rings is 1. The van der Waals surface area contributed by atoms with E-state index in [1.54, 1.807) is 0 Å². The summed E-state index contributed by atoms with van der Waals surface area (Å²) in [6.45, 7) is 3.41. The van der Waals surface area contributed by atoms with Crippen LogP contribution in [0.3, 0.4) is 0 Å². The smallest absolute Gasteiger partial charge is 0.319 e. The molecule has 0 aromatic rings. The van der Waals surface area contributed by atoms with Crippen molar-refractivity contribution in [2.24, 2.45) is 17.8 Å². The lowest BCUT2D eigenvalue weighted by Crippen LogP contribution is -2.50. The fourth-order valence-electron chi connectivity index (χ4n) is 3.15. The number of nitrogens with zero attached hydrogens (tertiary/aromatic N) is 2. The molecular weight excluding hydrogens is 244 g/mol. The van der Waals surface area contributed by atoms with Crippen LogP contribution in [0.25, 0.3) is 0 Å². The Morgan fingerprint density at radius 3 is 2.42 bits per heavy atom. The van der Waals surface area contributed by atoms with Crippen LogP contribution < -0.4 is 0 Å². The van der Waals surface area contributed by atoms with Gasteiger partial charge in [-0.15, -0.1) is 0 Å². The van der Waals surface area contributed by atoms with Crippen molar-refractivity contribution < 1.29 is 14.3 Å². The molecule has 0 aromatic heterocycles. The second-order valence-electron chi connectivity index (χ2n) is 6.02. The summed E-state index contributed by atoms with van der Waals surface area (Å²) in [7, 11) is 1.41. The Balaban J connectivity index is 1.42. The molecule has 0 aromatic carbocycles. The van der Waals surface area contributed by atoms with Gasteiger partial charge in [0, 0.05) is 32.1 Å². The van der Waals surface area contributed by atoms with E-state index in [4.69, 9.17) is 0 Å². The summed E-state index contributed by atoms with van der Waals surface area (Å²) in [5, 5.41) is 0. The maximum Gasteiger partial charge on any atom is 0.319 e. The Bertz CT molecular complexity index is 373. The average molecular weight is 266 g/mol. The summed E-state index contributed by atoms with van der Waals surface area (Å²) in [5.74, 6) is 2.03. The molecule has 2 saturated carbocycles. The van der Waals surface area contributed by atoms with Gasteiger partial charge in [0.25, 0.3) is 0 Å². The molecule has 1 aliphatic heterocycles. The second-order valence-corrected chi connectivity index (χ2v) is 6.02. The topological polar surface area (TPSA) is 49.9 Å².